The molecule has 0 aliphatic heterocycles. The van der Waals surface area contributed by atoms with E-state index in [0.717, 1.165) is 17.1 Å². The summed E-state index contributed by atoms with van der Waals surface area (Å²) in [5, 5.41) is 2.51. The Balaban J connectivity index is 1.07. The van der Waals surface area contributed by atoms with Gasteiger partial charge in [0.15, 0.2) is 0 Å². The zero-order chi connectivity index (χ0) is 41.5. The molecule has 2 nitrogen and oxygen atoms in total. The Morgan fingerprint density at radius 2 is 0.794 bits per heavy atom. The van der Waals surface area contributed by atoms with E-state index in [2.05, 4.69) is 252 Å². The summed E-state index contributed by atoms with van der Waals surface area (Å²) in [6, 6.07) is 89.5. The molecule has 10 aromatic carbocycles. The molecule has 0 saturated heterocycles. The van der Waals surface area contributed by atoms with Crippen LogP contribution in [0.2, 0.25) is 0 Å². The Hall–Kier alpha value is -8.20. The fraction of sp³-hybridized carbons (Fsp3) is 0.0164. The third-order valence-corrected chi connectivity index (χ3v) is 13.6. The lowest BCUT2D eigenvalue weighted by Crippen LogP contribution is -2.28. The lowest BCUT2D eigenvalue weighted by molar-refractivity contribution is 0.793. The average Bonchev–Trinajstić information content (AvgIpc) is 3.97. The van der Waals surface area contributed by atoms with Gasteiger partial charge in [-0.25, -0.2) is 0 Å². The molecular weight excluding hydrogens is 761 g/mol. The molecule has 0 fully saturated rings. The number of rotatable bonds is 6. The molecule has 2 aliphatic rings. The zero-order valence-corrected chi connectivity index (χ0v) is 34.5. The second-order valence-electron chi connectivity index (χ2n) is 16.7. The maximum Gasteiger partial charge on any atom is 0.0746 e. The van der Waals surface area contributed by atoms with Gasteiger partial charge in [-0.3, -0.25) is 0 Å². The van der Waals surface area contributed by atoms with E-state index in [0.29, 0.717) is 0 Å². The summed E-state index contributed by atoms with van der Waals surface area (Å²) in [7, 11) is 0. The van der Waals surface area contributed by atoms with Crippen LogP contribution in [-0.2, 0) is 5.41 Å². The highest BCUT2D eigenvalue weighted by atomic mass is 15.1. The van der Waals surface area contributed by atoms with Crippen LogP contribution in [0.3, 0.4) is 0 Å². The Morgan fingerprint density at radius 3 is 1.49 bits per heavy atom. The monoisotopic (exact) mass is 800 g/mol. The molecule has 294 valence electrons. The first kappa shape index (κ1) is 35.5. The Kier molecular flexibility index (Phi) is 7.85. The summed E-state index contributed by atoms with van der Waals surface area (Å²) in [5.41, 5.74) is 21.7. The van der Waals surface area contributed by atoms with Gasteiger partial charge in [0.2, 0.25) is 0 Å². The smallest absolute Gasteiger partial charge is 0.0746 e. The number of anilines is 3. The standard InChI is InChI=1S/C61H40N2/c1-3-19-41(20-4-1)45-23-10-15-33-55(45)63(44-39-37-42(38-40-44)46-28-17-35-57-59(46)51-27-11-16-34-56(51)62(57)43-21-5-2-6-22-43)58-36-18-29-50-49-26-9-14-32-54(49)61(60(50)58)52-30-12-7-24-47(52)48-25-8-13-31-53(48)61/h1-40H. The molecular formula is C61H40N2. The van der Waals surface area contributed by atoms with E-state index in [4.69, 9.17) is 0 Å². The van der Waals surface area contributed by atoms with Crippen LogP contribution in [0.25, 0.3) is 72.0 Å². The molecule has 11 aromatic rings. The van der Waals surface area contributed by atoms with E-state index >= 15 is 0 Å². The van der Waals surface area contributed by atoms with Crippen LogP contribution in [0.15, 0.2) is 243 Å². The topological polar surface area (TPSA) is 8.17 Å². The third-order valence-electron chi connectivity index (χ3n) is 13.6. The van der Waals surface area contributed by atoms with Crippen LogP contribution in [-0.4, -0.2) is 4.57 Å². The largest absolute Gasteiger partial charge is 0.310 e. The maximum atomic E-state index is 2.53. The summed E-state index contributed by atoms with van der Waals surface area (Å²) in [4.78, 5) is 2.53. The van der Waals surface area contributed by atoms with Crippen molar-refractivity contribution in [3.63, 3.8) is 0 Å². The van der Waals surface area contributed by atoms with Gasteiger partial charge in [-0.2, -0.15) is 0 Å². The average molecular weight is 801 g/mol. The van der Waals surface area contributed by atoms with Crippen LogP contribution in [0.5, 0.6) is 0 Å². The van der Waals surface area contributed by atoms with Crippen molar-refractivity contribution in [2.75, 3.05) is 4.90 Å². The Morgan fingerprint density at radius 1 is 0.317 bits per heavy atom. The van der Waals surface area contributed by atoms with Gasteiger partial charge < -0.3 is 9.47 Å². The minimum absolute atomic E-state index is 0.516. The fourth-order valence-corrected chi connectivity index (χ4v) is 11.2. The van der Waals surface area contributed by atoms with Crippen LogP contribution >= 0.6 is 0 Å². The van der Waals surface area contributed by atoms with Crippen LogP contribution < -0.4 is 4.90 Å². The minimum Gasteiger partial charge on any atom is -0.310 e. The molecule has 2 aliphatic carbocycles. The molecule has 63 heavy (non-hydrogen) atoms. The second-order valence-corrected chi connectivity index (χ2v) is 16.7. The molecule has 0 radical (unpaired) electrons. The highest BCUT2D eigenvalue weighted by Gasteiger charge is 2.53. The SMILES string of the molecule is c1ccc(-c2ccccc2N(c2ccc(-c3cccc4c3c3ccccc3n4-c3ccccc3)cc2)c2cccc3c2C2(c4ccccc4-c4ccccc42)c2ccccc2-3)cc1. The molecule has 1 heterocycles. The number of aromatic nitrogens is 1. The number of hydrogen-bond acceptors (Lipinski definition) is 1. The van der Waals surface area contributed by atoms with E-state index < -0.39 is 5.41 Å². The highest BCUT2D eigenvalue weighted by Crippen LogP contribution is 2.65. The number of nitrogens with zero attached hydrogens (tertiary/aromatic N) is 2. The molecule has 0 N–H and O–H groups in total. The number of para-hydroxylation sites is 3. The van der Waals surface area contributed by atoms with Crippen molar-refractivity contribution in [3.05, 3.63) is 265 Å². The third kappa shape index (κ3) is 5.07. The molecule has 13 rings (SSSR count). The van der Waals surface area contributed by atoms with Gasteiger partial charge in [0.05, 0.1) is 27.8 Å². The van der Waals surface area contributed by atoms with E-state index in [1.54, 1.807) is 0 Å². The van der Waals surface area contributed by atoms with E-state index in [1.165, 1.54) is 94.3 Å². The Labute approximate surface area is 367 Å². The molecule has 2 heteroatoms. The predicted molar refractivity (Wildman–Crippen MR) is 263 cm³/mol. The molecule has 1 spiro atoms. The number of fused-ring (bicyclic) bond motifs is 13. The first-order valence-electron chi connectivity index (χ1n) is 21.9. The van der Waals surface area contributed by atoms with E-state index in [9.17, 15) is 0 Å². The number of hydrogen-bond donors (Lipinski definition) is 0. The molecule has 1 aromatic heterocycles. The van der Waals surface area contributed by atoms with Crippen molar-refractivity contribution in [2.45, 2.75) is 5.41 Å². The molecule has 0 amide bonds. The molecule has 0 bridgehead atoms. The van der Waals surface area contributed by atoms with Gasteiger partial charge in [0.1, 0.15) is 0 Å². The van der Waals surface area contributed by atoms with Crippen molar-refractivity contribution in [3.8, 4) is 50.2 Å². The van der Waals surface area contributed by atoms with Gasteiger partial charge >= 0.3 is 0 Å². The highest BCUT2D eigenvalue weighted by molar-refractivity contribution is 6.16. The fourth-order valence-electron chi connectivity index (χ4n) is 11.2. The van der Waals surface area contributed by atoms with Gasteiger partial charge in [-0.1, -0.05) is 194 Å². The lowest BCUT2D eigenvalue weighted by atomic mass is 9.70. The summed E-state index contributed by atoms with van der Waals surface area (Å²) in [6.07, 6.45) is 0. The summed E-state index contributed by atoms with van der Waals surface area (Å²) >= 11 is 0. The molecule has 0 saturated carbocycles. The first-order chi connectivity index (χ1) is 31.3. The Bertz CT molecular complexity index is 3500. The maximum absolute atomic E-state index is 2.53. The minimum atomic E-state index is -0.516. The van der Waals surface area contributed by atoms with Crippen molar-refractivity contribution < 1.29 is 0 Å². The van der Waals surface area contributed by atoms with E-state index in [-0.39, 0.29) is 0 Å². The van der Waals surface area contributed by atoms with Crippen molar-refractivity contribution in [1.82, 2.24) is 4.57 Å². The van der Waals surface area contributed by atoms with E-state index in [1.807, 2.05) is 0 Å². The molecule has 0 atom stereocenters. The van der Waals surface area contributed by atoms with Gasteiger partial charge in [0.25, 0.3) is 0 Å². The van der Waals surface area contributed by atoms with Crippen molar-refractivity contribution in [1.29, 1.82) is 0 Å². The van der Waals surface area contributed by atoms with Crippen LogP contribution in [0.4, 0.5) is 17.1 Å². The quantitative estimate of drug-likeness (QED) is 0.163. The normalized spacial score (nSPS) is 12.9. The van der Waals surface area contributed by atoms with Crippen LogP contribution in [0.1, 0.15) is 22.3 Å². The summed E-state index contributed by atoms with van der Waals surface area (Å²) in [6.45, 7) is 0. The van der Waals surface area contributed by atoms with Gasteiger partial charge in [0, 0.05) is 33.3 Å². The van der Waals surface area contributed by atoms with Gasteiger partial charge in [-0.05, 0) is 104 Å². The summed E-state index contributed by atoms with van der Waals surface area (Å²) in [5.74, 6) is 0. The van der Waals surface area contributed by atoms with Crippen molar-refractivity contribution in [2.24, 2.45) is 0 Å². The number of benzene rings is 10. The first-order valence-corrected chi connectivity index (χ1v) is 21.9. The zero-order valence-electron chi connectivity index (χ0n) is 34.5. The van der Waals surface area contributed by atoms with Crippen molar-refractivity contribution >= 4 is 38.9 Å². The van der Waals surface area contributed by atoms with Gasteiger partial charge in [-0.15, -0.1) is 0 Å². The van der Waals surface area contributed by atoms with Crippen LogP contribution in [0, 0.1) is 0 Å². The predicted octanol–water partition coefficient (Wildman–Crippen LogP) is 15.9. The molecule has 0 unspecified atom stereocenters. The second kappa shape index (κ2) is 13.9. The summed E-state index contributed by atoms with van der Waals surface area (Å²) < 4.78 is 2.40. The lowest BCUT2D eigenvalue weighted by Gasteiger charge is -2.36.